The van der Waals surface area contributed by atoms with Crippen molar-refractivity contribution in [3.63, 3.8) is 0 Å². The van der Waals surface area contributed by atoms with Crippen molar-refractivity contribution < 1.29 is 13.9 Å². The minimum absolute atomic E-state index is 0.0802. The minimum atomic E-state index is -0.0802. The van der Waals surface area contributed by atoms with Gasteiger partial charge in [-0.05, 0) is 49.4 Å². The Hall–Kier alpha value is -3.93. The molecule has 0 bridgehead atoms. The van der Waals surface area contributed by atoms with Crippen LogP contribution in [0.1, 0.15) is 21.5 Å². The Bertz CT molecular complexity index is 1200. The van der Waals surface area contributed by atoms with Crippen LogP contribution >= 0.6 is 0 Å². The molecule has 0 aliphatic rings. The second kappa shape index (κ2) is 8.83. The third-order valence-electron chi connectivity index (χ3n) is 5.02. The Kier molecular flexibility index (Phi) is 5.80. The smallest absolute Gasteiger partial charge is 0.253 e. The van der Waals surface area contributed by atoms with Crippen LogP contribution in [0.25, 0.3) is 22.9 Å². The van der Waals surface area contributed by atoms with Gasteiger partial charge in [-0.3, -0.25) is 4.79 Å². The maximum absolute atomic E-state index is 12.9. The molecule has 4 rings (SSSR count). The van der Waals surface area contributed by atoms with Crippen molar-refractivity contribution in [2.24, 2.45) is 0 Å². The SMILES string of the molecule is COc1ccccc1CN(C)C(=O)c1ccc(-c2nnc(-c3cccc(C)c3)o2)cc1. The lowest BCUT2D eigenvalue weighted by Gasteiger charge is -2.19. The van der Waals surface area contributed by atoms with Crippen LogP contribution in [0.5, 0.6) is 5.75 Å². The number of benzene rings is 3. The molecule has 0 aliphatic heterocycles. The van der Waals surface area contributed by atoms with Crippen molar-refractivity contribution in [3.05, 3.63) is 89.5 Å². The van der Waals surface area contributed by atoms with Crippen LogP contribution in [0.3, 0.4) is 0 Å². The summed E-state index contributed by atoms with van der Waals surface area (Å²) in [6.45, 7) is 2.47. The summed E-state index contributed by atoms with van der Waals surface area (Å²) in [4.78, 5) is 14.5. The van der Waals surface area contributed by atoms with Gasteiger partial charge < -0.3 is 14.1 Å². The average Bonchev–Trinajstić information content (AvgIpc) is 3.29. The molecule has 0 spiro atoms. The number of carbonyl (C=O) groups excluding carboxylic acids is 1. The molecule has 0 radical (unpaired) electrons. The van der Waals surface area contributed by atoms with E-state index in [0.29, 0.717) is 23.9 Å². The van der Waals surface area contributed by atoms with E-state index in [1.807, 2.05) is 67.6 Å². The number of carbonyl (C=O) groups is 1. The zero-order valence-corrected chi connectivity index (χ0v) is 17.7. The zero-order chi connectivity index (χ0) is 21.8. The van der Waals surface area contributed by atoms with Gasteiger partial charge in [0.15, 0.2) is 0 Å². The molecule has 0 N–H and O–H groups in total. The Balaban J connectivity index is 1.48. The first-order valence-electron chi connectivity index (χ1n) is 9.93. The number of rotatable bonds is 6. The highest BCUT2D eigenvalue weighted by atomic mass is 16.5. The van der Waals surface area contributed by atoms with Gasteiger partial charge in [0.25, 0.3) is 5.91 Å². The molecule has 4 aromatic rings. The van der Waals surface area contributed by atoms with Crippen LogP contribution in [0.4, 0.5) is 0 Å². The quantitative estimate of drug-likeness (QED) is 0.445. The summed E-state index contributed by atoms with van der Waals surface area (Å²) in [5, 5.41) is 8.30. The number of aryl methyl sites for hydroxylation is 1. The average molecular weight is 413 g/mol. The van der Waals surface area contributed by atoms with Gasteiger partial charge in [-0.2, -0.15) is 0 Å². The van der Waals surface area contributed by atoms with E-state index >= 15 is 0 Å². The standard InChI is InChI=1S/C25H23N3O3/c1-17-7-6-9-20(15-17)24-27-26-23(31-24)18-11-13-19(14-12-18)25(29)28(2)16-21-8-4-5-10-22(21)30-3/h4-15H,16H2,1-3H3. The number of para-hydroxylation sites is 1. The maximum atomic E-state index is 12.9. The molecule has 156 valence electrons. The molecule has 0 unspecified atom stereocenters. The van der Waals surface area contributed by atoms with Crippen molar-refractivity contribution in [1.82, 2.24) is 15.1 Å². The van der Waals surface area contributed by atoms with E-state index in [2.05, 4.69) is 10.2 Å². The van der Waals surface area contributed by atoms with Crippen LogP contribution in [-0.2, 0) is 6.54 Å². The second-order valence-electron chi connectivity index (χ2n) is 7.33. The van der Waals surface area contributed by atoms with Crippen molar-refractivity contribution in [2.75, 3.05) is 14.2 Å². The number of nitrogens with zero attached hydrogens (tertiary/aromatic N) is 3. The normalized spacial score (nSPS) is 10.7. The van der Waals surface area contributed by atoms with Crippen molar-refractivity contribution in [2.45, 2.75) is 13.5 Å². The third kappa shape index (κ3) is 4.48. The van der Waals surface area contributed by atoms with E-state index in [4.69, 9.17) is 9.15 Å². The third-order valence-corrected chi connectivity index (χ3v) is 5.02. The van der Waals surface area contributed by atoms with Gasteiger partial charge in [-0.15, -0.1) is 10.2 Å². The van der Waals surface area contributed by atoms with Gasteiger partial charge in [0, 0.05) is 35.8 Å². The van der Waals surface area contributed by atoms with Crippen molar-refractivity contribution in [3.8, 4) is 28.7 Å². The number of hydrogen-bond donors (Lipinski definition) is 0. The fraction of sp³-hybridized carbons (Fsp3) is 0.160. The molecular weight excluding hydrogens is 390 g/mol. The first-order valence-corrected chi connectivity index (χ1v) is 9.93. The van der Waals surface area contributed by atoms with Gasteiger partial charge >= 0.3 is 0 Å². The molecule has 3 aromatic carbocycles. The molecule has 6 heteroatoms. The lowest BCUT2D eigenvalue weighted by molar-refractivity contribution is 0.0784. The molecule has 1 heterocycles. The molecule has 1 amide bonds. The molecule has 0 atom stereocenters. The predicted molar refractivity (Wildman–Crippen MR) is 119 cm³/mol. The number of aromatic nitrogens is 2. The van der Waals surface area contributed by atoms with Crippen LogP contribution in [-0.4, -0.2) is 35.2 Å². The summed E-state index contributed by atoms with van der Waals surface area (Å²) < 4.78 is 11.2. The molecule has 0 saturated heterocycles. The summed E-state index contributed by atoms with van der Waals surface area (Å²) in [6, 6.07) is 22.8. The Morgan fingerprint density at radius 1 is 0.935 bits per heavy atom. The Morgan fingerprint density at radius 2 is 1.65 bits per heavy atom. The van der Waals surface area contributed by atoms with E-state index in [-0.39, 0.29) is 5.91 Å². The molecule has 31 heavy (non-hydrogen) atoms. The summed E-state index contributed by atoms with van der Waals surface area (Å²) in [5.41, 5.74) is 4.29. The summed E-state index contributed by atoms with van der Waals surface area (Å²) in [7, 11) is 3.40. The van der Waals surface area contributed by atoms with Gasteiger partial charge in [-0.25, -0.2) is 0 Å². The highest BCUT2D eigenvalue weighted by Crippen LogP contribution is 2.25. The highest BCUT2D eigenvalue weighted by Gasteiger charge is 2.16. The summed E-state index contributed by atoms with van der Waals surface area (Å²) in [6.07, 6.45) is 0. The molecule has 6 nitrogen and oxygen atoms in total. The fourth-order valence-corrected chi connectivity index (χ4v) is 3.37. The van der Waals surface area contributed by atoms with Crippen molar-refractivity contribution >= 4 is 5.91 Å². The second-order valence-corrected chi connectivity index (χ2v) is 7.33. The fourth-order valence-electron chi connectivity index (χ4n) is 3.37. The topological polar surface area (TPSA) is 68.5 Å². The van der Waals surface area contributed by atoms with E-state index < -0.39 is 0 Å². The van der Waals surface area contributed by atoms with Crippen molar-refractivity contribution in [1.29, 1.82) is 0 Å². The van der Waals surface area contributed by atoms with Gasteiger partial charge in [0.1, 0.15) is 5.75 Å². The zero-order valence-electron chi connectivity index (χ0n) is 17.7. The highest BCUT2D eigenvalue weighted by molar-refractivity contribution is 5.94. The molecule has 0 fully saturated rings. The largest absolute Gasteiger partial charge is 0.496 e. The van der Waals surface area contributed by atoms with E-state index in [0.717, 1.165) is 28.0 Å². The van der Waals surface area contributed by atoms with Crippen LogP contribution in [0, 0.1) is 6.92 Å². The first-order chi connectivity index (χ1) is 15.0. The molecule has 0 aliphatic carbocycles. The van der Waals surface area contributed by atoms with Crippen LogP contribution in [0.15, 0.2) is 77.2 Å². The Morgan fingerprint density at radius 3 is 2.35 bits per heavy atom. The van der Waals surface area contributed by atoms with Gasteiger partial charge in [0.05, 0.1) is 7.11 Å². The Labute approximate surface area is 181 Å². The lowest BCUT2D eigenvalue weighted by Crippen LogP contribution is -2.26. The summed E-state index contributed by atoms with van der Waals surface area (Å²) >= 11 is 0. The van der Waals surface area contributed by atoms with E-state index in [1.165, 1.54) is 0 Å². The molecule has 0 saturated carbocycles. The number of methoxy groups -OCH3 is 1. The first kappa shape index (κ1) is 20.3. The van der Waals surface area contributed by atoms with Crippen LogP contribution in [0.2, 0.25) is 0 Å². The molecular formula is C25H23N3O3. The van der Waals surface area contributed by atoms with E-state index in [9.17, 15) is 4.79 Å². The van der Waals surface area contributed by atoms with Crippen LogP contribution < -0.4 is 4.74 Å². The van der Waals surface area contributed by atoms with E-state index in [1.54, 1.807) is 31.2 Å². The number of ether oxygens (including phenoxy) is 1. The minimum Gasteiger partial charge on any atom is -0.496 e. The van der Waals surface area contributed by atoms with Gasteiger partial charge in [-0.1, -0.05) is 35.9 Å². The maximum Gasteiger partial charge on any atom is 0.253 e. The molecule has 1 aromatic heterocycles. The number of amides is 1. The monoisotopic (exact) mass is 413 g/mol. The predicted octanol–water partition coefficient (Wildman–Crippen LogP) is 4.99. The lowest BCUT2D eigenvalue weighted by atomic mass is 10.1. The number of hydrogen-bond acceptors (Lipinski definition) is 5. The summed E-state index contributed by atoms with van der Waals surface area (Å²) in [5.74, 6) is 1.56. The van der Waals surface area contributed by atoms with Gasteiger partial charge in [0.2, 0.25) is 11.8 Å².